The van der Waals surface area contributed by atoms with Gasteiger partial charge in [-0.05, 0) is 42.9 Å². The number of benzene rings is 1. The van der Waals surface area contributed by atoms with Gasteiger partial charge < -0.3 is 0 Å². The molecule has 1 heterocycles. The Bertz CT molecular complexity index is 782. The van der Waals surface area contributed by atoms with Gasteiger partial charge in [0, 0.05) is 23.7 Å². The summed E-state index contributed by atoms with van der Waals surface area (Å²) in [5, 5.41) is 0. The maximum Gasteiger partial charge on any atom is 0.163 e. The number of unbranched alkanes of at least 4 members (excludes halogenated alkanes) is 8. The van der Waals surface area contributed by atoms with Crippen LogP contribution >= 0.6 is 0 Å². The van der Waals surface area contributed by atoms with Gasteiger partial charge in [-0.2, -0.15) is 0 Å². The van der Waals surface area contributed by atoms with Crippen LogP contribution in [0.3, 0.4) is 0 Å². The van der Waals surface area contributed by atoms with Crippen LogP contribution in [0.2, 0.25) is 0 Å². The van der Waals surface area contributed by atoms with Gasteiger partial charge in [0.2, 0.25) is 0 Å². The van der Waals surface area contributed by atoms with Gasteiger partial charge in [0.15, 0.2) is 5.78 Å². The lowest BCUT2D eigenvalue weighted by atomic mass is 9.95. The molecule has 1 atom stereocenters. The Morgan fingerprint density at radius 3 is 2.34 bits per heavy atom. The number of rotatable bonds is 17. The highest BCUT2D eigenvalue weighted by molar-refractivity contribution is 6.01. The first-order valence-electron chi connectivity index (χ1n) is 13.2. The molecule has 0 aliphatic rings. The smallest absolute Gasteiger partial charge is 0.163 e. The molecular formula is C30H45NO. The van der Waals surface area contributed by atoms with E-state index in [1.807, 2.05) is 24.4 Å². The van der Waals surface area contributed by atoms with Crippen LogP contribution in [0.25, 0.3) is 11.3 Å². The Labute approximate surface area is 197 Å². The molecule has 176 valence electrons. The minimum absolute atomic E-state index is 0.250. The summed E-state index contributed by atoms with van der Waals surface area (Å²) in [6.07, 6.45) is 18.9. The van der Waals surface area contributed by atoms with Gasteiger partial charge in [-0.3, -0.25) is 9.78 Å². The average Bonchev–Trinajstić information content (AvgIpc) is 2.83. The van der Waals surface area contributed by atoms with E-state index in [0.717, 1.165) is 42.0 Å². The first-order chi connectivity index (χ1) is 15.7. The van der Waals surface area contributed by atoms with Crippen LogP contribution in [0.1, 0.15) is 120 Å². The molecule has 0 aliphatic heterocycles. The van der Waals surface area contributed by atoms with E-state index in [4.69, 9.17) is 0 Å². The molecule has 0 amide bonds. The van der Waals surface area contributed by atoms with Gasteiger partial charge in [-0.15, -0.1) is 0 Å². The molecule has 0 bridgehead atoms. The first kappa shape index (κ1) is 26.3. The molecule has 1 aromatic heterocycles. The molecule has 0 aliphatic carbocycles. The van der Waals surface area contributed by atoms with E-state index in [-0.39, 0.29) is 5.78 Å². The molecule has 0 saturated carbocycles. The highest BCUT2D eigenvalue weighted by Crippen LogP contribution is 2.25. The number of ketones is 1. The summed E-state index contributed by atoms with van der Waals surface area (Å²) in [6.45, 7) is 6.80. The molecule has 0 saturated heterocycles. The molecule has 0 fully saturated rings. The van der Waals surface area contributed by atoms with Gasteiger partial charge in [0.05, 0.1) is 5.69 Å². The Hall–Kier alpha value is -1.96. The predicted octanol–water partition coefficient (Wildman–Crippen LogP) is 9.22. The number of carbonyl (C=O) groups is 1. The van der Waals surface area contributed by atoms with E-state index in [2.05, 4.69) is 44.0 Å². The van der Waals surface area contributed by atoms with E-state index >= 15 is 0 Å². The summed E-state index contributed by atoms with van der Waals surface area (Å²) in [4.78, 5) is 17.6. The molecule has 0 radical (unpaired) electrons. The van der Waals surface area contributed by atoms with E-state index in [1.54, 1.807) is 0 Å². The summed E-state index contributed by atoms with van der Waals surface area (Å²) < 4.78 is 0. The average molecular weight is 436 g/mol. The van der Waals surface area contributed by atoms with Crippen LogP contribution < -0.4 is 0 Å². The zero-order valence-electron chi connectivity index (χ0n) is 20.9. The second-order valence-corrected chi connectivity index (χ2v) is 9.50. The lowest BCUT2D eigenvalue weighted by Crippen LogP contribution is -2.03. The highest BCUT2D eigenvalue weighted by atomic mass is 16.1. The summed E-state index contributed by atoms with van der Waals surface area (Å²) in [5.74, 6) is 1.01. The number of hydrogen-bond donors (Lipinski definition) is 0. The SMILES string of the molecule is CCCCCCCCCCc1ccnc(-c2ccccc2C(=O)CCCCC(C)CC)c1. The molecule has 2 nitrogen and oxygen atoms in total. The zero-order valence-corrected chi connectivity index (χ0v) is 20.9. The van der Waals surface area contributed by atoms with Crippen molar-refractivity contribution in [3.63, 3.8) is 0 Å². The van der Waals surface area contributed by atoms with Crippen LogP contribution in [0, 0.1) is 5.92 Å². The van der Waals surface area contributed by atoms with E-state index < -0.39 is 0 Å². The predicted molar refractivity (Wildman–Crippen MR) is 138 cm³/mol. The second kappa shape index (κ2) is 15.8. The number of aromatic nitrogens is 1. The maximum atomic E-state index is 12.9. The molecule has 0 N–H and O–H groups in total. The molecule has 2 rings (SSSR count). The van der Waals surface area contributed by atoms with Crippen molar-refractivity contribution in [3.8, 4) is 11.3 Å². The molecule has 1 unspecified atom stereocenters. The van der Waals surface area contributed by atoms with Crippen LogP contribution in [0.15, 0.2) is 42.6 Å². The van der Waals surface area contributed by atoms with Crippen molar-refractivity contribution in [2.24, 2.45) is 5.92 Å². The molecule has 32 heavy (non-hydrogen) atoms. The van der Waals surface area contributed by atoms with Crippen molar-refractivity contribution < 1.29 is 4.79 Å². The Morgan fingerprint density at radius 2 is 1.59 bits per heavy atom. The van der Waals surface area contributed by atoms with Crippen LogP contribution in [0.4, 0.5) is 0 Å². The molecular weight excluding hydrogens is 390 g/mol. The largest absolute Gasteiger partial charge is 0.294 e. The standard InChI is InChI=1S/C30H45NO/c1-4-6-7-8-9-10-11-12-18-26-22-23-31-29(24-26)27-19-14-15-20-28(27)30(32)21-16-13-17-25(3)5-2/h14-15,19-20,22-25H,4-13,16-18,21H2,1-3H3. The first-order valence-corrected chi connectivity index (χ1v) is 13.2. The third kappa shape index (κ3) is 9.67. The molecule has 2 aromatic rings. The summed E-state index contributed by atoms with van der Waals surface area (Å²) in [6, 6.07) is 12.3. The normalized spacial score (nSPS) is 12.1. The number of nitrogens with zero attached hydrogens (tertiary/aromatic N) is 1. The highest BCUT2D eigenvalue weighted by Gasteiger charge is 2.13. The fraction of sp³-hybridized carbons (Fsp3) is 0.600. The topological polar surface area (TPSA) is 30.0 Å². The lowest BCUT2D eigenvalue weighted by Gasteiger charge is -2.11. The molecule has 0 spiro atoms. The summed E-state index contributed by atoms with van der Waals surface area (Å²) in [5.41, 5.74) is 4.08. The molecule has 2 heteroatoms. The van der Waals surface area contributed by atoms with E-state index in [9.17, 15) is 4.79 Å². The lowest BCUT2D eigenvalue weighted by molar-refractivity contribution is 0.0979. The van der Waals surface area contributed by atoms with Crippen LogP contribution in [-0.2, 0) is 6.42 Å². The van der Waals surface area contributed by atoms with Crippen molar-refractivity contribution in [1.82, 2.24) is 4.98 Å². The zero-order chi connectivity index (χ0) is 23.0. The van der Waals surface area contributed by atoms with Crippen LogP contribution in [-0.4, -0.2) is 10.8 Å². The van der Waals surface area contributed by atoms with E-state index in [0.29, 0.717) is 6.42 Å². The number of hydrogen-bond acceptors (Lipinski definition) is 2. The summed E-state index contributed by atoms with van der Waals surface area (Å²) in [7, 11) is 0. The van der Waals surface area contributed by atoms with E-state index in [1.165, 1.54) is 69.8 Å². The fourth-order valence-electron chi connectivity index (χ4n) is 4.31. The summed E-state index contributed by atoms with van der Waals surface area (Å²) >= 11 is 0. The van der Waals surface area contributed by atoms with Crippen molar-refractivity contribution in [1.29, 1.82) is 0 Å². The quantitative estimate of drug-likeness (QED) is 0.183. The Balaban J connectivity index is 1.88. The van der Waals surface area contributed by atoms with Crippen molar-refractivity contribution in [2.75, 3.05) is 0 Å². The fourth-order valence-corrected chi connectivity index (χ4v) is 4.31. The number of Topliss-reactive ketones (excluding diaryl/α,β-unsaturated/α-hetero) is 1. The van der Waals surface area contributed by atoms with Gasteiger partial charge in [0.25, 0.3) is 0 Å². The van der Waals surface area contributed by atoms with Gasteiger partial charge in [-0.1, -0.05) is 109 Å². The number of pyridine rings is 1. The van der Waals surface area contributed by atoms with Crippen molar-refractivity contribution >= 4 is 5.78 Å². The van der Waals surface area contributed by atoms with Gasteiger partial charge in [-0.25, -0.2) is 0 Å². The minimum Gasteiger partial charge on any atom is -0.294 e. The maximum absolute atomic E-state index is 12.9. The third-order valence-electron chi connectivity index (χ3n) is 6.69. The van der Waals surface area contributed by atoms with Crippen molar-refractivity contribution in [2.45, 2.75) is 111 Å². The van der Waals surface area contributed by atoms with Gasteiger partial charge in [0.1, 0.15) is 0 Å². The second-order valence-electron chi connectivity index (χ2n) is 9.50. The van der Waals surface area contributed by atoms with Gasteiger partial charge >= 0.3 is 0 Å². The minimum atomic E-state index is 0.250. The Morgan fingerprint density at radius 1 is 0.875 bits per heavy atom. The van der Waals surface area contributed by atoms with Crippen LogP contribution in [0.5, 0.6) is 0 Å². The molecule has 1 aromatic carbocycles. The third-order valence-corrected chi connectivity index (χ3v) is 6.69. The number of carbonyl (C=O) groups excluding carboxylic acids is 1. The monoisotopic (exact) mass is 435 g/mol. The Kier molecular flexibility index (Phi) is 13.0. The number of aryl methyl sites for hydroxylation is 1. The van der Waals surface area contributed by atoms with Crippen molar-refractivity contribution in [3.05, 3.63) is 53.7 Å².